The minimum absolute atomic E-state index is 0.713. The zero-order valence-corrected chi connectivity index (χ0v) is 13.1. The van der Waals surface area contributed by atoms with E-state index >= 15 is 0 Å². The Hall–Kier alpha value is -2.14. The monoisotopic (exact) mass is 313 g/mol. The molecule has 0 N–H and O–H groups in total. The van der Waals surface area contributed by atoms with E-state index in [4.69, 9.17) is 21.6 Å². The van der Waals surface area contributed by atoms with Crippen LogP contribution in [0.25, 0.3) is 5.69 Å². The van der Waals surface area contributed by atoms with Crippen LogP contribution in [0.1, 0.15) is 25.3 Å². The maximum Gasteiger partial charge on any atom is 0.168 e. The van der Waals surface area contributed by atoms with Gasteiger partial charge in [-0.25, -0.2) is 9.67 Å². The summed E-state index contributed by atoms with van der Waals surface area (Å²) in [5, 5.41) is 5.23. The Morgan fingerprint density at radius 2 is 2.05 bits per heavy atom. The Balaban J connectivity index is 1.87. The van der Waals surface area contributed by atoms with Crippen LogP contribution < -0.4 is 0 Å². The highest BCUT2D eigenvalue weighted by atomic mass is 35.5. The van der Waals surface area contributed by atoms with E-state index in [0.29, 0.717) is 5.02 Å². The van der Waals surface area contributed by atoms with E-state index in [0.717, 1.165) is 54.7 Å². The van der Waals surface area contributed by atoms with Gasteiger partial charge in [0.25, 0.3) is 0 Å². The summed E-state index contributed by atoms with van der Waals surface area (Å²) in [5.41, 5.74) is 1.96. The topological polar surface area (TPSA) is 45.8 Å². The molecule has 2 aliphatic rings. The number of aliphatic imine (C=N–C) groups is 2. The summed E-state index contributed by atoms with van der Waals surface area (Å²) in [5.74, 6) is 2.92. The molecule has 3 heterocycles. The van der Waals surface area contributed by atoms with Gasteiger partial charge in [0.1, 0.15) is 11.7 Å². The van der Waals surface area contributed by atoms with Crippen LogP contribution in [0.2, 0.25) is 5.02 Å². The largest absolute Gasteiger partial charge is 0.314 e. The molecule has 1 aromatic heterocycles. The van der Waals surface area contributed by atoms with Crippen molar-refractivity contribution < 1.29 is 0 Å². The Bertz CT molecular complexity index is 772. The van der Waals surface area contributed by atoms with Crippen LogP contribution in [-0.2, 0) is 0 Å². The Morgan fingerprint density at radius 3 is 2.82 bits per heavy atom. The van der Waals surface area contributed by atoms with Crippen LogP contribution in [0.4, 0.5) is 5.82 Å². The Labute approximate surface area is 133 Å². The van der Waals surface area contributed by atoms with Gasteiger partial charge in [-0.1, -0.05) is 18.5 Å². The first kappa shape index (κ1) is 13.5. The molecular weight excluding hydrogens is 298 g/mol. The maximum atomic E-state index is 5.97. The highest BCUT2D eigenvalue weighted by molar-refractivity contribution is 6.30. The van der Waals surface area contributed by atoms with E-state index < -0.39 is 0 Å². The van der Waals surface area contributed by atoms with Gasteiger partial charge in [-0.2, -0.15) is 5.10 Å². The summed E-state index contributed by atoms with van der Waals surface area (Å²) in [6.45, 7) is 3.98. The molecule has 0 atom stereocenters. The first-order chi connectivity index (χ1) is 10.8. The Morgan fingerprint density at radius 1 is 1.23 bits per heavy atom. The average molecular weight is 314 g/mol. The molecule has 0 saturated heterocycles. The molecule has 0 bridgehead atoms. The van der Waals surface area contributed by atoms with Crippen molar-refractivity contribution in [3.8, 4) is 5.69 Å². The number of aromatic nitrogens is 2. The highest BCUT2D eigenvalue weighted by Crippen LogP contribution is 2.31. The summed E-state index contributed by atoms with van der Waals surface area (Å²) in [6.07, 6.45) is 3.81. The predicted octanol–water partition coefficient (Wildman–Crippen LogP) is 3.43. The third kappa shape index (κ3) is 2.04. The number of halogens is 1. The fourth-order valence-electron chi connectivity index (χ4n) is 2.92. The van der Waals surface area contributed by atoms with E-state index in [2.05, 4.69) is 16.9 Å². The van der Waals surface area contributed by atoms with Crippen LogP contribution in [0.15, 0.2) is 40.4 Å². The summed E-state index contributed by atoms with van der Waals surface area (Å²) in [7, 11) is 0. The van der Waals surface area contributed by atoms with Crippen LogP contribution in [0, 0.1) is 0 Å². The second kappa shape index (κ2) is 5.25. The molecule has 0 amide bonds. The van der Waals surface area contributed by atoms with Gasteiger partial charge >= 0.3 is 0 Å². The predicted molar refractivity (Wildman–Crippen MR) is 88.7 cm³/mol. The summed E-state index contributed by atoms with van der Waals surface area (Å²) in [6, 6.07) is 7.63. The van der Waals surface area contributed by atoms with Gasteiger partial charge in [-0.3, -0.25) is 4.99 Å². The molecule has 0 fully saturated rings. The molecule has 2 aliphatic heterocycles. The second-order valence-electron chi connectivity index (χ2n) is 5.36. The molecule has 0 aliphatic carbocycles. The Kier molecular flexibility index (Phi) is 3.22. The van der Waals surface area contributed by atoms with Crippen LogP contribution in [0.5, 0.6) is 0 Å². The third-order valence-corrected chi connectivity index (χ3v) is 4.23. The van der Waals surface area contributed by atoms with E-state index in [1.54, 1.807) is 0 Å². The van der Waals surface area contributed by atoms with Gasteiger partial charge in [0.05, 0.1) is 17.4 Å². The third-order valence-electron chi connectivity index (χ3n) is 3.98. The van der Waals surface area contributed by atoms with Gasteiger partial charge in [0.2, 0.25) is 0 Å². The second-order valence-corrected chi connectivity index (χ2v) is 5.80. The van der Waals surface area contributed by atoms with E-state index in [9.17, 15) is 0 Å². The smallest absolute Gasteiger partial charge is 0.168 e. The SMILES string of the molecule is CCC1=Nc2c(cnn2-c2ccc(Cl)cc2)C2=NCCCN12. The van der Waals surface area contributed by atoms with E-state index in [-0.39, 0.29) is 0 Å². The summed E-state index contributed by atoms with van der Waals surface area (Å²) >= 11 is 5.97. The fourth-order valence-corrected chi connectivity index (χ4v) is 3.04. The maximum absolute atomic E-state index is 5.97. The first-order valence-corrected chi connectivity index (χ1v) is 7.89. The lowest BCUT2D eigenvalue weighted by Gasteiger charge is -2.32. The number of hydrogen-bond acceptors (Lipinski definition) is 4. The van der Waals surface area contributed by atoms with Gasteiger partial charge < -0.3 is 4.90 Å². The van der Waals surface area contributed by atoms with Crippen molar-refractivity contribution in [2.75, 3.05) is 13.1 Å². The number of hydrogen-bond donors (Lipinski definition) is 0. The van der Waals surface area contributed by atoms with Crippen LogP contribution in [0.3, 0.4) is 0 Å². The van der Waals surface area contributed by atoms with Crippen molar-refractivity contribution >= 4 is 29.1 Å². The molecular formula is C16H16ClN5. The van der Waals surface area contributed by atoms with Gasteiger partial charge in [-0.15, -0.1) is 0 Å². The molecule has 4 rings (SSSR count). The minimum Gasteiger partial charge on any atom is -0.314 e. The quantitative estimate of drug-likeness (QED) is 0.852. The normalized spacial score (nSPS) is 16.7. The fraction of sp³-hybridized carbons (Fsp3) is 0.312. The van der Waals surface area contributed by atoms with Crippen molar-refractivity contribution in [2.24, 2.45) is 9.98 Å². The number of fused-ring (bicyclic) bond motifs is 3. The summed E-state index contributed by atoms with van der Waals surface area (Å²) < 4.78 is 1.86. The van der Waals surface area contributed by atoms with E-state index in [1.807, 2.05) is 35.1 Å². The zero-order valence-electron chi connectivity index (χ0n) is 12.3. The molecule has 0 saturated carbocycles. The number of amidine groups is 2. The van der Waals surface area contributed by atoms with Gasteiger partial charge in [-0.05, 0) is 30.7 Å². The number of nitrogens with zero attached hydrogens (tertiary/aromatic N) is 5. The lowest BCUT2D eigenvalue weighted by atomic mass is 10.1. The van der Waals surface area contributed by atoms with Crippen molar-refractivity contribution in [2.45, 2.75) is 19.8 Å². The summed E-state index contributed by atoms with van der Waals surface area (Å²) in [4.78, 5) is 11.8. The van der Waals surface area contributed by atoms with Crippen LogP contribution in [-0.4, -0.2) is 39.4 Å². The molecule has 6 heteroatoms. The molecule has 22 heavy (non-hydrogen) atoms. The van der Waals surface area contributed by atoms with Crippen LogP contribution >= 0.6 is 11.6 Å². The standard InChI is InChI=1S/C16H16ClN5/c1-2-14-20-16-13(15-18-8-3-9-21(14)15)10-19-22(16)12-6-4-11(17)5-7-12/h4-7,10H,2-3,8-9H2,1H3. The zero-order chi connectivity index (χ0) is 15.1. The number of rotatable bonds is 2. The van der Waals surface area contributed by atoms with Crippen molar-refractivity contribution in [1.82, 2.24) is 14.7 Å². The molecule has 0 radical (unpaired) electrons. The average Bonchev–Trinajstić information content (AvgIpc) is 2.99. The first-order valence-electron chi connectivity index (χ1n) is 7.52. The lowest BCUT2D eigenvalue weighted by Crippen LogP contribution is -2.42. The molecule has 2 aromatic rings. The molecule has 112 valence electrons. The van der Waals surface area contributed by atoms with Gasteiger partial charge in [0.15, 0.2) is 5.82 Å². The lowest BCUT2D eigenvalue weighted by molar-refractivity contribution is 0.537. The molecule has 0 unspecified atom stereocenters. The van der Waals surface area contributed by atoms with Gasteiger partial charge in [0, 0.05) is 24.5 Å². The van der Waals surface area contributed by atoms with Crippen molar-refractivity contribution in [1.29, 1.82) is 0 Å². The number of benzene rings is 1. The molecule has 1 aromatic carbocycles. The minimum atomic E-state index is 0.713. The highest BCUT2D eigenvalue weighted by Gasteiger charge is 2.30. The van der Waals surface area contributed by atoms with E-state index in [1.165, 1.54) is 0 Å². The molecule has 5 nitrogen and oxygen atoms in total. The van der Waals surface area contributed by atoms with Crippen molar-refractivity contribution in [3.05, 3.63) is 41.0 Å². The van der Waals surface area contributed by atoms with Crippen molar-refractivity contribution in [3.63, 3.8) is 0 Å². The molecule has 0 spiro atoms.